The summed E-state index contributed by atoms with van der Waals surface area (Å²) in [7, 11) is 1.82. The molecule has 2 aromatic rings. The number of hydrogen-bond donors (Lipinski definition) is 1. The number of nitrogens with one attached hydrogen (secondary N) is 1. The lowest BCUT2D eigenvalue weighted by molar-refractivity contribution is -0.132. The van der Waals surface area contributed by atoms with Crippen LogP contribution < -0.4 is 5.32 Å². The van der Waals surface area contributed by atoms with Crippen LogP contribution in [0.1, 0.15) is 17.2 Å². The second-order valence-electron chi connectivity index (χ2n) is 6.52. The van der Waals surface area contributed by atoms with Crippen LogP contribution in [0.25, 0.3) is 11.1 Å². The van der Waals surface area contributed by atoms with E-state index < -0.39 is 0 Å². The highest BCUT2D eigenvalue weighted by Gasteiger charge is 2.34. The summed E-state index contributed by atoms with van der Waals surface area (Å²) in [6.45, 7) is 3.88. The Morgan fingerprint density at radius 2 is 1.48 bits per heavy atom. The van der Waals surface area contributed by atoms with Crippen LogP contribution in [0, 0.1) is 0 Å². The van der Waals surface area contributed by atoms with Crippen molar-refractivity contribution in [1.29, 1.82) is 0 Å². The van der Waals surface area contributed by atoms with E-state index in [0.717, 1.165) is 26.2 Å². The third-order valence-electron chi connectivity index (χ3n) is 5.16. The minimum atomic E-state index is 0. The molecule has 0 unspecified atom stereocenters. The maximum absolute atomic E-state index is 12.1. The summed E-state index contributed by atoms with van der Waals surface area (Å²) in [5.74, 6) is 0.198. The van der Waals surface area contributed by atoms with Crippen molar-refractivity contribution in [1.82, 2.24) is 15.1 Å². The topological polar surface area (TPSA) is 35.6 Å². The lowest BCUT2D eigenvalue weighted by Gasteiger charge is -2.38. The van der Waals surface area contributed by atoms with E-state index >= 15 is 0 Å². The second kappa shape index (κ2) is 7.56. The fraction of sp³-hybridized carbons (Fsp3) is 0.350. The van der Waals surface area contributed by atoms with Gasteiger partial charge in [0, 0.05) is 26.2 Å². The van der Waals surface area contributed by atoms with Crippen LogP contribution in [-0.4, -0.2) is 55.5 Å². The number of halogens is 1. The lowest BCUT2D eigenvalue weighted by Crippen LogP contribution is -2.51. The number of amides is 1. The molecule has 0 radical (unpaired) electrons. The summed E-state index contributed by atoms with van der Waals surface area (Å²) in [6, 6.07) is 17.8. The van der Waals surface area contributed by atoms with E-state index in [1.165, 1.54) is 22.3 Å². The van der Waals surface area contributed by atoms with Crippen molar-refractivity contribution in [2.45, 2.75) is 6.04 Å². The molecule has 1 saturated heterocycles. The van der Waals surface area contributed by atoms with Gasteiger partial charge in [0.2, 0.25) is 5.91 Å². The van der Waals surface area contributed by atoms with Crippen LogP contribution >= 0.6 is 12.4 Å². The fourth-order valence-electron chi connectivity index (χ4n) is 4.01. The molecule has 1 fully saturated rings. The molecule has 1 N–H and O–H groups in total. The first-order valence-electron chi connectivity index (χ1n) is 8.64. The Balaban J connectivity index is 0.00000182. The van der Waals surface area contributed by atoms with E-state index in [9.17, 15) is 4.79 Å². The smallest absolute Gasteiger partial charge is 0.236 e. The molecule has 0 bridgehead atoms. The van der Waals surface area contributed by atoms with Crippen molar-refractivity contribution in [2.75, 3.05) is 39.8 Å². The number of carbonyl (C=O) groups is 1. The third-order valence-corrected chi connectivity index (χ3v) is 5.16. The fourth-order valence-corrected chi connectivity index (χ4v) is 4.01. The minimum absolute atomic E-state index is 0. The van der Waals surface area contributed by atoms with Gasteiger partial charge < -0.3 is 10.2 Å². The Labute approximate surface area is 155 Å². The molecule has 2 aliphatic rings. The molecule has 1 aliphatic heterocycles. The molecule has 2 aromatic carbocycles. The summed E-state index contributed by atoms with van der Waals surface area (Å²) in [4.78, 5) is 16.6. The van der Waals surface area contributed by atoms with Gasteiger partial charge in [0.25, 0.3) is 0 Å². The monoisotopic (exact) mass is 357 g/mol. The Bertz CT molecular complexity index is 711. The molecule has 0 atom stereocenters. The van der Waals surface area contributed by atoms with E-state index in [4.69, 9.17) is 0 Å². The number of benzene rings is 2. The summed E-state index contributed by atoms with van der Waals surface area (Å²) < 4.78 is 0. The number of piperazine rings is 1. The molecule has 5 heteroatoms. The highest BCUT2D eigenvalue weighted by atomic mass is 35.5. The molecule has 1 aliphatic carbocycles. The largest absolute Gasteiger partial charge is 0.339 e. The maximum Gasteiger partial charge on any atom is 0.236 e. The first-order valence-corrected chi connectivity index (χ1v) is 8.64. The number of fused-ring (bicyclic) bond motifs is 3. The number of nitrogens with zero attached hydrogens (tertiary/aromatic N) is 2. The highest BCUT2D eigenvalue weighted by molar-refractivity contribution is 5.85. The van der Waals surface area contributed by atoms with Gasteiger partial charge in [0.1, 0.15) is 0 Å². The molecule has 132 valence electrons. The lowest BCUT2D eigenvalue weighted by atomic mass is 10.0. The van der Waals surface area contributed by atoms with Gasteiger partial charge in [-0.1, -0.05) is 48.5 Å². The predicted octanol–water partition coefficient (Wildman–Crippen LogP) is 2.54. The Morgan fingerprint density at radius 3 is 2.00 bits per heavy atom. The van der Waals surface area contributed by atoms with Crippen LogP contribution in [-0.2, 0) is 4.79 Å². The number of rotatable bonds is 3. The van der Waals surface area contributed by atoms with Crippen molar-refractivity contribution in [3.8, 4) is 11.1 Å². The maximum atomic E-state index is 12.1. The van der Waals surface area contributed by atoms with Gasteiger partial charge in [-0.25, -0.2) is 0 Å². The molecular formula is C20H24ClN3O. The first-order chi connectivity index (χ1) is 11.8. The van der Waals surface area contributed by atoms with Crippen LogP contribution in [0.3, 0.4) is 0 Å². The van der Waals surface area contributed by atoms with Gasteiger partial charge in [-0.15, -0.1) is 12.4 Å². The third kappa shape index (κ3) is 3.17. The van der Waals surface area contributed by atoms with Crippen molar-refractivity contribution in [3.63, 3.8) is 0 Å². The molecule has 0 aromatic heterocycles. The first kappa shape index (κ1) is 17.9. The Morgan fingerprint density at radius 1 is 0.960 bits per heavy atom. The molecule has 4 rings (SSSR count). The van der Waals surface area contributed by atoms with Crippen molar-refractivity contribution >= 4 is 18.3 Å². The van der Waals surface area contributed by atoms with Crippen molar-refractivity contribution in [2.24, 2.45) is 0 Å². The molecular weight excluding hydrogens is 334 g/mol. The zero-order chi connectivity index (χ0) is 16.5. The zero-order valence-electron chi connectivity index (χ0n) is 14.4. The van der Waals surface area contributed by atoms with E-state index in [2.05, 4.69) is 58.7 Å². The number of carbonyl (C=O) groups excluding carboxylic acids is 1. The Hall–Kier alpha value is -1.88. The highest BCUT2D eigenvalue weighted by Crippen LogP contribution is 2.46. The van der Waals surface area contributed by atoms with E-state index in [1.54, 1.807) is 0 Å². The van der Waals surface area contributed by atoms with Crippen LogP contribution in [0.4, 0.5) is 0 Å². The second-order valence-corrected chi connectivity index (χ2v) is 6.52. The van der Waals surface area contributed by atoms with Gasteiger partial charge >= 0.3 is 0 Å². The average Bonchev–Trinajstić information content (AvgIpc) is 2.97. The molecule has 25 heavy (non-hydrogen) atoms. The van der Waals surface area contributed by atoms with Crippen LogP contribution in [0.5, 0.6) is 0 Å². The summed E-state index contributed by atoms with van der Waals surface area (Å²) in [6.07, 6.45) is 0. The summed E-state index contributed by atoms with van der Waals surface area (Å²) in [5.41, 5.74) is 5.50. The van der Waals surface area contributed by atoms with Crippen molar-refractivity contribution < 1.29 is 4.79 Å². The van der Waals surface area contributed by atoms with Crippen molar-refractivity contribution in [3.05, 3.63) is 59.7 Å². The van der Waals surface area contributed by atoms with Gasteiger partial charge in [0.05, 0.1) is 12.6 Å². The predicted molar refractivity (Wildman–Crippen MR) is 103 cm³/mol. The molecule has 1 heterocycles. The van der Waals surface area contributed by atoms with E-state index in [0.29, 0.717) is 12.6 Å². The van der Waals surface area contributed by atoms with E-state index in [1.807, 2.05) is 11.9 Å². The molecule has 1 amide bonds. The summed E-state index contributed by atoms with van der Waals surface area (Å²) in [5, 5.41) is 2.95. The quantitative estimate of drug-likeness (QED) is 0.917. The minimum Gasteiger partial charge on any atom is -0.339 e. The van der Waals surface area contributed by atoms with Crippen LogP contribution in [0.2, 0.25) is 0 Å². The van der Waals surface area contributed by atoms with Crippen LogP contribution in [0.15, 0.2) is 48.5 Å². The molecule has 4 nitrogen and oxygen atoms in total. The van der Waals surface area contributed by atoms with E-state index in [-0.39, 0.29) is 18.3 Å². The van der Waals surface area contributed by atoms with Gasteiger partial charge in [-0.3, -0.25) is 9.69 Å². The molecule has 0 spiro atoms. The normalized spacial score (nSPS) is 16.9. The average molecular weight is 358 g/mol. The molecule has 0 saturated carbocycles. The van der Waals surface area contributed by atoms with Gasteiger partial charge in [0.15, 0.2) is 0 Å². The van der Waals surface area contributed by atoms with Gasteiger partial charge in [-0.05, 0) is 29.3 Å². The number of likely N-dealkylation sites (N-methyl/N-ethyl adjacent to an activating group) is 1. The summed E-state index contributed by atoms with van der Waals surface area (Å²) >= 11 is 0. The standard InChI is InChI=1S/C20H23N3O.ClH/c1-21-14-19(24)22-10-12-23(13-11-22)20-17-8-4-2-6-15(17)16-7-3-5-9-18(16)20;/h2-9,20-21H,10-14H2,1H3;1H. The van der Waals surface area contributed by atoms with Gasteiger partial charge in [-0.2, -0.15) is 0 Å². The SMILES string of the molecule is CNCC(=O)N1CCN(C2c3ccccc3-c3ccccc32)CC1.Cl. The zero-order valence-corrected chi connectivity index (χ0v) is 15.3. The number of hydrogen-bond acceptors (Lipinski definition) is 3. The Kier molecular flexibility index (Phi) is 5.42.